The van der Waals surface area contributed by atoms with Gasteiger partial charge < -0.3 is 10.8 Å². The average Bonchev–Trinajstić information content (AvgIpc) is 2.15. The number of carbonyl (C=O) groups is 1. The summed E-state index contributed by atoms with van der Waals surface area (Å²) in [7, 11) is 0. The molecule has 0 spiro atoms. The monoisotopic (exact) mass is 207 g/mol. The Balaban J connectivity index is 3.24. The van der Waals surface area contributed by atoms with E-state index in [0.29, 0.717) is 5.56 Å². The highest BCUT2D eigenvalue weighted by Gasteiger charge is 2.23. The molecule has 1 aromatic carbocycles. The van der Waals surface area contributed by atoms with Gasteiger partial charge in [-0.3, -0.25) is 4.79 Å². The predicted octanol–water partition coefficient (Wildman–Crippen LogP) is 2.07. The minimum absolute atomic E-state index is 0.0936. The fourth-order valence-corrected chi connectivity index (χ4v) is 1.58. The molecule has 0 aliphatic rings. The molecule has 0 radical (unpaired) electrons. The normalized spacial score (nSPS) is 13.6. The maximum Gasteiger partial charge on any atom is 0.325 e. The molecule has 1 aromatic rings. The Bertz CT molecular complexity index is 366. The van der Waals surface area contributed by atoms with E-state index in [9.17, 15) is 4.79 Å². The van der Waals surface area contributed by atoms with Gasteiger partial charge in [-0.15, -0.1) is 0 Å². The third-order valence-electron chi connectivity index (χ3n) is 2.37. The summed E-state index contributed by atoms with van der Waals surface area (Å²) in [5, 5.41) is 8.90. The van der Waals surface area contributed by atoms with Crippen molar-refractivity contribution in [1.29, 1.82) is 0 Å². The smallest absolute Gasteiger partial charge is 0.325 e. The van der Waals surface area contributed by atoms with Crippen LogP contribution in [0.4, 0.5) is 0 Å². The van der Waals surface area contributed by atoms with Crippen LogP contribution >= 0.6 is 0 Å². The van der Waals surface area contributed by atoms with Crippen molar-refractivity contribution in [1.82, 2.24) is 0 Å². The highest BCUT2D eigenvalue weighted by atomic mass is 16.4. The maximum atomic E-state index is 10.9. The Hall–Kier alpha value is -1.35. The number of benzene rings is 1. The van der Waals surface area contributed by atoms with Gasteiger partial charge in [-0.2, -0.15) is 0 Å². The molecular weight excluding hydrogens is 190 g/mol. The zero-order valence-corrected chi connectivity index (χ0v) is 9.32. The molecule has 0 heterocycles. The van der Waals surface area contributed by atoms with Crippen molar-refractivity contribution in [3.8, 4) is 0 Å². The lowest BCUT2D eigenvalue weighted by Crippen LogP contribution is -2.25. The molecule has 1 atom stereocenters. The minimum Gasteiger partial charge on any atom is -0.480 e. The van der Waals surface area contributed by atoms with Gasteiger partial charge in [0.15, 0.2) is 0 Å². The molecule has 3 N–H and O–H groups in total. The molecule has 3 nitrogen and oxygen atoms in total. The van der Waals surface area contributed by atoms with Crippen molar-refractivity contribution < 1.29 is 9.90 Å². The summed E-state index contributed by atoms with van der Waals surface area (Å²) >= 11 is 0. The number of carboxylic acids is 1. The number of rotatable bonds is 2. The summed E-state index contributed by atoms with van der Waals surface area (Å²) in [6.07, 6.45) is 0. The molecule has 15 heavy (non-hydrogen) atoms. The number of hydrogen-bond donors (Lipinski definition) is 2. The molecule has 1 rings (SSSR count). The van der Waals surface area contributed by atoms with Crippen LogP contribution in [0.2, 0.25) is 0 Å². The van der Waals surface area contributed by atoms with Crippen LogP contribution in [0, 0.1) is 0 Å². The van der Waals surface area contributed by atoms with Gasteiger partial charge in [-0.05, 0) is 16.5 Å². The first-order chi connectivity index (χ1) is 6.84. The van der Waals surface area contributed by atoms with Crippen LogP contribution < -0.4 is 5.73 Å². The lowest BCUT2D eigenvalue weighted by atomic mass is 9.82. The van der Waals surface area contributed by atoms with Crippen LogP contribution in [0.1, 0.15) is 37.9 Å². The first-order valence-electron chi connectivity index (χ1n) is 4.92. The Morgan fingerprint density at radius 2 is 1.87 bits per heavy atom. The molecule has 0 amide bonds. The third-order valence-corrected chi connectivity index (χ3v) is 2.37. The SMILES string of the molecule is CC(C)(C)c1ccccc1[C@H](N)C(=O)O. The highest BCUT2D eigenvalue weighted by molar-refractivity contribution is 5.76. The molecule has 0 bridgehead atoms. The van der Waals surface area contributed by atoms with E-state index in [0.717, 1.165) is 5.56 Å². The van der Waals surface area contributed by atoms with E-state index in [4.69, 9.17) is 10.8 Å². The third kappa shape index (κ3) is 2.57. The summed E-state index contributed by atoms with van der Waals surface area (Å²) in [6.45, 7) is 6.13. The lowest BCUT2D eigenvalue weighted by molar-refractivity contribution is -0.138. The fourth-order valence-electron chi connectivity index (χ4n) is 1.58. The highest BCUT2D eigenvalue weighted by Crippen LogP contribution is 2.28. The van der Waals surface area contributed by atoms with Gasteiger partial charge in [0.1, 0.15) is 6.04 Å². The number of aliphatic carboxylic acids is 1. The summed E-state index contributed by atoms with van der Waals surface area (Å²) in [5.41, 5.74) is 7.22. The first kappa shape index (κ1) is 11.7. The quantitative estimate of drug-likeness (QED) is 0.780. The summed E-state index contributed by atoms with van der Waals surface area (Å²) < 4.78 is 0. The number of nitrogens with two attached hydrogens (primary N) is 1. The first-order valence-corrected chi connectivity index (χ1v) is 4.92. The van der Waals surface area contributed by atoms with Gasteiger partial charge in [0, 0.05) is 0 Å². The molecule has 0 aliphatic carbocycles. The summed E-state index contributed by atoms with van der Waals surface area (Å²) in [4.78, 5) is 10.9. The van der Waals surface area contributed by atoms with E-state index < -0.39 is 12.0 Å². The van der Waals surface area contributed by atoms with Gasteiger partial charge in [0.2, 0.25) is 0 Å². The second kappa shape index (κ2) is 4.03. The van der Waals surface area contributed by atoms with Crippen molar-refractivity contribution in [2.24, 2.45) is 5.73 Å². The van der Waals surface area contributed by atoms with Gasteiger partial charge >= 0.3 is 5.97 Å². The Morgan fingerprint density at radius 1 is 1.33 bits per heavy atom. The van der Waals surface area contributed by atoms with Crippen LogP contribution in [-0.4, -0.2) is 11.1 Å². The van der Waals surface area contributed by atoms with Crippen molar-refractivity contribution in [2.45, 2.75) is 32.2 Å². The number of carboxylic acid groups (broad SMARTS) is 1. The minimum atomic E-state index is -0.994. The zero-order valence-electron chi connectivity index (χ0n) is 9.32. The molecule has 0 saturated heterocycles. The molecule has 0 saturated carbocycles. The lowest BCUT2D eigenvalue weighted by Gasteiger charge is -2.24. The van der Waals surface area contributed by atoms with Gasteiger partial charge in [-0.1, -0.05) is 45.0 Å². The maximum absolute atomic E-state index is 10.9. The summed E-state index contributed by atoms with van der Waals surface area (Å²) in [6, 6.07) is 6.48. The molecule has 3 heteroatoms. The molecular formula is C12H17NO2. The van der Waals surface area contributed by atoms with Crippen molar-refractivity contribution >= 4 is 5.97 Å². The second-order valence-corrected chi connectivity index (χ2v) is 4.65. The van der Waals surface area contributed by atoms with E-state index in [2.05, 4.69) is 0 Å². The van der Waals surface area contributed by atoms with Crippen LogP contribution in [0.3, 0.4) is 0 Å². The van der Waals surface area contributed by atoms with E-state index in [1.807, 2.05) is 39.0 Å². The standard InChI is InChI=1S/C12H17NO2/c1-12(2,3)9-7-5-4-6-8(9)10(13)11(14)15/h4-7,10H,13H2,1-3H3,(H,14,15)/t10-/m0/s1. The van der Waals surface area contributed by atoms with Gasteiger partial charge in [0.25, 0.3) is 0 Å². The van der Waals surface area contributed by atoms with E-state index in [1.54, 1.807) is 6.07 Å². The van der Waals surface area contributed by atoms with Crippen LogP contribution in [0.5, 0.6) is 0 Å². The van der Waals surface area contributed by atoms with Gasteiger partial charge in [-0.25, -0.2) is 0 Å². The zero-order chi connectivity index (χ0) is 11.6. The Morgan fingerprint density at radius 3 is 2.33 bits per heavy atom. The van der Waals surface area contributed by atoms with E-state index >= 15 is 0 Å². The van der Waals surface area contributed by atoms with Crippen LogP contribution in [0.15, 0.2) is 24.3 Å². The second-order valence-electron chi connectivity index (χ2n) is 4.65. The molecule has 0 unspecified atom stereocenters. The van der Waals surface area contributed by atoms with Crippen molar-refractivity contribution in [2.75, 3.05) is 0 Å². The number of hydrogen-bond acceptors (Lipinski definition) is 2. The largest absolute Gasteiger partial charge is 0.480 e. The fraction of sp³-hybridized carbons (Fsp3) is 0.417. The summed E-state index contributed by atoms with van der Waals surface area (Å²) in [5.74, 6) is -0.994. The van der Waals surface area contributed by atoms with Crippen molar-refractivity contribution in [3.05, 3.63) is 35.4 Å². The Labute approximate surface area is 89.9 Å². The molecule has 0 fully saturated rings. The molecule has 0 aliphatic heterocycles. The predicted molar refractivity (Wildman–Crippen MR) is 59.7 cm³/mol. The molecule has 82 valence electrons. The molecule has 0 aromatic heterocycles. The van der Waals surface area contributed by atoms with Crippen molar-refractivity contribution in [3.63, 3.8) is 0 Å². The van der Waals surface area contributed by atoms with E-state index in [-0.39, 0.29) is 5.41 Å². The van der Waals surface area contributed by atoms with E-state index in [1.165, 1.54) is 0 Å². The topological polar surface area (TPSA) is 63.3 Å². The van der Waals surface area contributed by atoms with Gasteiger partial charge in [0.05, 0.1) is 0 Å². The van der Waals surface area contributed by atoms with Crippen LogP contribution in [-0.2, 0) is 10.2 Å². The Kier molecular flexibility index (Phi) is 3.15. The average molecular weight is 207 g/mol. The van der Waals surface area contributed by atoms with Crippen LogP contribution in [0.25, 0.3) is 0 Å².